The highest BCUT2D eigenvalue weighted by Crippen LogP contribution is 2.41. The number of aliphatic carboxylic acids is 1. The molecule has 1 aliphatic heterocycles. The summed E-state index contributed by atoms with van der Waals surface area (Å²) in [6, 6.07) is 18.5. The second-order valence-electron chi connectivity index (χ2n) is 9.35. The van der Waals surface area contributed by atoms with Crippen LogP contribution in [0.3, 0.4) is 0 Å². The molecule has 0 bridgehead atoms. The number of aromatic amines is 1. The van der Waals surface area contributed by atoms with Crippen LogP contribution in [0.15, 0.2) is 72.9 Å². The third-order valence-corrected chi connectivity index (χ3v) is 7.41. The summed E-state index contributed by atoms with van der Waals surface area (Å²) in [6.45, 7) is 0. The molecule has 3 atom stereocenters. The molecule has 2 heterocycles. The Morgan fingerprint density at radius 1 is 1.08 bits per heavy atom. The van der Waals surface area contributed by atoms with Gasteiger partial charge in [0.2, 0.25) is 5.91 Å². The lowest BCUT2D eigenvalue weighted by atomic mass is 9.99. The number of anilines is 1. The van der Waals surface area contributed by atoms with E-state index in [4.69, 9.17) is 27.9 Å². The predicted molar refractivity (Wildman–Crippen MR) is 149 cm³/mol. The Labute approximate surface area is 234 Å². The number of fused-ring (bicyclic) bond motifs is 2. The Morgan fingerprint density at radius 2 is 1.82 bits per heavy atom. The van der Waals surface area contributed by atoms with Crippen molar-refractivity contribution in [2.75, 3.05) is 11.9 Å². The van der Waals surface area contributed by atoms with Gasteiger partial charge >= 0.3 is 5.97 Å². The van der Waals surface area contributed by atoms with Crippen molar-refractivity contribution in [2.45, 2.75) is 31.1 Å². The normalized spacial score (nSPS) is 17.9. The topological polar surface area (TPSA) is 112 Å². The van der Waals surface area contributed by atoms with Gasteiger partial charge in [-0.3, -0.25) is 9.59 Å². The number of amides is 2. The summed E-state index contributed by atoms with van der Waals surface area (Å²) in [7, 11) is 1.59. The highest BCUT2D eigenvalue weighted by atomic mass is 35.5. The number of para-hydroxylation sites is 1. The Bertz CT molecular complexity index is 1570. The Hall–Kier alpha value is -3.85. The summed E-state index contributed by atoms with van der Waals surface area (Å²) in [5, 5.41) is 14.2. The zero-order valence-electron chi connectivity index (χ0n) is 20.9. The SMILES string of the molecule is CN1C(=O)[C@@H](CC(=O)N[C@@H](Cc2c[nH]c3ccccc23)C(=O)O)O[C@H](c2ccccc2Cl)c2cc(Cl)ccc21. The molecule has 0 spiro atoms. The average Bonchev–Trinajstić information content (AvgIpc) is 3.29. The molecule has 0 fully saturated rings. The first-order valence-corrected chi connectivity index (χ1v) is 13.0. The number of aromatic nitrogens is 1. The molecule has 3 aromatic carbocycles. The molecule has 200 valence electrons. The third kappa shape index (κ3) is 5.49. The van der Waals surface area contributed by atoms with E-state index in [0.717, 1.165) is 16.5 Å². The number of carboxylic acid groups (broad SMARTS) is 1. The van der Waals surface area contributed by atoms with Gasteiger partial charge < -0.3 is 25.0 Å². The van der Waals surface area contributed by atoms with E-state index in [2.05, 4.69) is 10.3 Å². The van der Waals surface area contributed by atoms with Gasteiger partial charge in [-0.05, 0) is 35.9 Å². The molecule has 1 aromatic heterocycles. The van der Waals surface area contributed by atoms with E-state index < -0.39 is 36.0 Å². The van der Waals surface area contributed by atoms with Crippen molar-refractivity contribution in [2.24, 2.45) is 0 Å². The van der Waals surface area contributed by atoms with Crippen LogP contribution in [0.4, 0.5) is 5.69 Å². The van der Waals surface area contributed by atoms with E-state index in [-0.39, 0.29) is 12.8 Å². The van der Waals surface area contributed by atoms with Crippen LogP contribution in [-0.2, 0) is 25.5 Å². The molecule has 0 saturated heterocycles. The maximum atomic E-state index is 13.4. The lowest BCUT2D eigenvalue weighted by Gasteiger charge is -2.23. The number of nitrogens with zero attached hydrogens (tertiary/aromatic N) is 1. The third-order valence-electron chi connectivity index (χ3n) is 6.83. The van der Waals surface area contributed by atoms with Crippen molar-refractivity contribution in [3.05, 3.63) is 99.7 Å². The minimum atomic E-state index is -1.20. The molecule has 39 heavy (non-hydrogen) atoms. The first-order valence-electron chi connectivity index (χ1n) is 12.3. The number of ether oxygens (including phenoxy) is 1. The Morgan fingerprint density at radius 3 is 2.59 bits per heavy atom. The molecule has 0 saturated carbocycles. The molecule has 4 aromatic rings. The second-order valence-corrected chi connectivity index (χ2v) is 10.2. The van der Waals surface area contributed by atoms with E-state index in [1.54, 1.807) is 55.7 Å². The van der Waals surface area contributed by atoms with Gasteiger partial charge in [0.15, 0.2) is 0 Å². The molecular weight excluding hydrogens is 541 g/mol. The van der Waals surface area contributed by atoms with Gasteiger partial charge in [-0.25, -0.2) is 4.79 Å². The molecular formula is C29H25Cl2N3O5. The number of carbonyl (C=O) groups is 3. The summed E-state index contributed by atoms with van der Waals surface area (Å²) >= 11 is 12.8. The van der Waals surface area contributed by atoms with Gasteiger partial charge in [-0.15, -0.1) is 0 Å². The van der Waals surface area contributed by atoms with Gasteiger partial charge in [-0.2, -0.15) is 0 Å². The van der Waals surface area contributed by atoms with Gasteiger partial charge in [0.1, 0.15) is 18.2 Å². The minimum Gasteiger partial charge on any atom is -0.480 e. The number of hydrogen-bond donors (Lipinski definition) is 3. The number of carbonyl (C=O) groups excluding carboxylic acids is 2. The Kier molecular flexibility index (Phi) is 7.61. The fraction of sp³-hybridized carbons (Fsp3) is 0.207. The quantitative estimate of drug-likeness (QED) is 0.287. The lowest BCUT2D eigenvalue weighted by molar-refractivity contribution is -0.143. The predicted octanol–water partition coefficient (Wildman–Crippen LogP) is 5.13. The van der Waals surface area contributed by atoms with Crippen LogP contribution in [0.5, 0.6) is 0 Å². The molecule has 10 heteroatoms. The molecule has 8 nitrogen and oxygen atoms in total. The van der Waals surface area contributed by atoms with Crippen molar-refractivity contribution < 1.29 is 24.2 Å². The van der Waals surface area contributed by atoms with Crippen molar-refractivity contribution in [1.82, 2.24) is 10.3 Å². The highest BCUT2D eigenvalue weighted by molar-refractivity contribution is 6.31. The molecule has 0 radical (unpaired) electrons. The second kappa shape index (κ2) is 11.1. The number of rotatable bonds is 7. The molecule has 1 aliphatic rings. The van der Waals surface area contributed by atoms with Crippen LogP contribution in [0, 0.1) is 0 Å². The fourth-order valence-electron chi connectivity index (χ4n) is 4.88. The smallest absolute Gasteiger partial charge is 0.326 e. The van der Waals surface area contributed by atoms with Crippen LogP contribution in [-0.4, -0.2) is 47.1 Å². The maximum absolute atomic E-state index is 13.4. The maximum Gasteiger partial charge on any atom is 0.326 e. The van der Waals surface area contributed by atoms with E-state index in [1.165, 1.54) is 4.90 Å². The van der Waals surface area contributed by atoms with E-state index >= 15 is 0 Å². The Balaban J connectivity index is 1.40. The zero-order chi connectivity index (χ0) is 27.7. The number of nitrogens with one attached hydrogen (secondary N) is 2. The van der Waals surface area contributed by atoms with Crippen molar-refractivity contribution in [3.63, 3.8) is 0 Å². The number of hydrogen-bond acceptors (Lipinski definition) is 4. The van der Waals surface area contributed by atoms with Gasteiger partial charge in [-0.1, -0.05) is 59.6 Å². The summed E-state index contributed by atoms with van der Waals surface area (Å²) in [4.78, 5) is 43.2. The van der Waals surface area contributed by atoms with Crippen molar-refractivity contribution >= 4 is 57.6 Å². The fourth-order valence-corrected chi connectivity index (χ4v) is 5.29. The minimum absolute atomic E-state index is 0.0661. The van der Waals surface area contributed by atoms with Crippen molar-refractivity contribution in [3.8, 4) is 0 Å². The summed E-state index contributed by atoms with van der Waals surface area (Å²) in [6.07, 6.45) is -0.582. The number of carboxylic acids is 1. The van der Waals surface area contributed by atoms with Crippen LogP contribution < -0.4 is 10.2 Å². The largest absolute Gasteiger partial charge is 0.480 e. The van der Waals surface area contributed by atoms with Crippen LogP contribution in [0.25, 0.3) is 10.9 Å². The van der Waals surface area contributed by atoms with Crippen LogP contribution in [0.2, 0.25) is 10.0 Å². The molecule has 0 unspecified atom stereocenters. The zero-order valence-corrected chi connectivity index (χ0v) is 22.4. The van der Waals surface area contributed by atoms with Gasteiger partial charge in [0.05, 0.1) is 6.42 Å². The van der Waals surface area contributed by atoms with Crippen LogP contribution >= 0.6 is 23.2 Å². The summed E-state index contributed by atoms with van der Waals surface area (Å²) in [5.74, 6) is -2.27. The lowest BCUT2D eigenvalue weighted by Crippen LogP contribution is -2.45. The van der Waals surface area contributed by atoms with Gasteiger partial charge in [0.25, 0.3) is 5.91 Å². The van der Waals surface area contributed by atoms with E-state index in [1.807, 2.05) is 24.3 Å². The van der Waals surface area contributed by atoms with Gasteiger partial charge in [0, 0.05) is 57.4 Å². The summed E-state index contributed by atoms with van der Waals surface area (Å²) < 4.78 is 6.27. The van der Waals surface area contributed by atoms with E-state index in [0.29, 0.717) is 26.9 Å². The molecule has 3 N–H and O–H groups in total. The molecule has 0 aliphatic carbocycles. The van der Waals surface area contributed by atoms with Crippen LogP contribution in [0.1, 0.15) is 29.2 Å². The average molecular weight is 566 g/mol. The highest BCUT2D eigenvalue weighted by Gasteiger charge is 2.37. The monoisotopic (exact) mass is 565 g/mol. The van der Waals surface area contributed by atoms with Crippen molar-refractivity contribution in [1.29, 1.82) is 0 Å². The number of benzene rings is 3. The number of H-pyrrole nitrogens is 1. The first-order chi connectivity index (χ1) is 18.7. The molecule has 2 amide bonds. The first kappa shape index (κ1) is 26.7. The molecule has 5 rings (SSSR count). The number of halogens is 2. The van der Waals surface area contributed by atoms with E-state index in [9.17, 15) is 19.5 Å². The summed E-state index contributed by atoms with van der Waals surface area (Å²) in [5.41, 5.74) is 3.43. The standard InChI is InChI=1S/C29H25Cl2N3O5/c1-34-24-11-10-17(30)13-20(24)27(19-7-2-4-8-21(19)31)39-25(28(34)36)14-26(35)33-23(29(37)38)12-16-15-32-22-9-5-3-6-18(16)22/h2-11,13,15,23,25,27,32H,12,14H2,1H3,(H,33,35)(H,37,38)/t23-,25+,27+/m0/s1. The number of likely N-dealkylation sites (N-methyl/N-ethyl adjacent to an activating group) is 1.